The molecule has 5 heteroatoms. The van der Waals surface area contributed by atoms with Gasteiger partial charge in [0.15, 0.2) is 0 Å². The van der Waals surface area contributed by atoms with Crippen molar-refractivity contribution in [3.05, 3.63) is 41.5 Å². The van der Waals surface area contributed by atoms with Crippen molar-refractivity contribution in [1.29, 1.82) is 5.26 Å². The standard InChI is InChI=1S/C10H7F3N2/c11-10(12,13)8-4-2-1-3-7(8)9(15)5-6-14/h1-5H,15H2. The normalized spacial score (nSPS) is 12.3. The maximum Gasteiger partial charge on any atom is 0.417 e. The predicted molar refractivity (Wildman–Crippen MR) is 49.2 cm³/mol. The number of nitriles is 1. The summed E-state index contributed by atoms with van der Waals surface area (Å²) in [6.45, 7) is 0. The molecule has 0 saturated heterocycles. The molecule has 0 spiro atoms. The molecule has 0 radical (unpaired) electrons. The van der Waals surface area contributed by atoms with Crippen LogP contribution in [0.25, 0.3) is 5.70 Å². The van der Waals surface area contributed by atoms with Gasteiger partial charge in [-0.2, -0.15) is 18.4 Å². The number of benzene rings is 1. The van der Waals surface area contributed by atoms with Crippen LogP contribution in [0.3, 0.4) is 0 Å². The summed E-state index contributed by atoms with van der Waals surface area (Å²) in [5, 5.41) is 8.30. The molecule has 0 bridgehead atoms. The molecule has 0 aliphatic heterocycles. The van der Waals surface area contributed by atoms with Crippen LogP contribution in [0.15, 0.2) is 30.3 Å². The van der Waals surface area contributed by atoms with Gasteiger partial charge in [-0.25, -0.2) is 0 Å². The number of nitrogens with zero attached hydrogens (tertiary/aromatic N) is 1. The van der Waals surface area contributed by atoms with E-state index in [1.165, 1.54) is 18.2 Å². The molecule has 0 unspecified atom stereocenters. The fourth-order valence-electron chi connectivity index (χ4n) is 1.13. The number of rotatable bonds is 1. The van der Waals surface area contributed by atoms with Crippen molar-refractivity contribution in [3.8, 4) is 6.07 Å². The van der Waals surface area contributed by atoms with Crippen molar-refractivity contribution in [3.63, 3.8) is 0 Å². The molecule has 78 valence electrons. The van der Waals surface area contributed by atoms with Gasteiger partial charge in [-0.15, -0.1) is 0 Å². The lowest BCUT2D eigenvalue weighted by Gasteiger charge is -2.11. The van der Waals surface area contributed by atoms with Crippen LogP contribution in [-0.2, 0) is 6.18 Å². The zero-order valence-electron chi connectivity index (χ0n) is 7.55. The number of allylic oxidation sites excluding steroid dienone is 1. The number of alkyl halides is 3. The van der Waals surface area contributed by atoms with Gasteiger partial charge in [0, 0.05) is 17.3 Å². The summed E-state index contributed by atoms with van der Waals surface area (Å²) in [4.78, 5) is 0. The lowest BCUT2D eigenvalue weighted by molar-refractivity contribution is -0.137. The van der Waals surface area contributed by atoms with Crippen LogP contribution >= 0.6 is 0 Å². The summed E-state index contributed by atoms with van der Waals surface area (Å²) in [5.41, 5.74) is 4.14. The molecule has 1 aromatic carbocycles. The van der Waals surface area contributed by atoms with Gasteiger partial charge in [0.2, 0.25) is 0 Å². The molecule has 0 amide bonds. The lowest BCUT2D eigenvalue weighted by Crippen LogP contribution is -2.11. The third kappa shape index (κ3) is 2.50. The Labute approximate surface area is 84.4 Å². The highest BCUT2D eigenvalue weighted by Gasteiger charge is 2.33. The second kappa shape index (κ2) is 4.05. The van der Waals surface area contributed by atoms with Crippen molar-refractivity contribution >= 4 is 5.70 Å². The van der Waals surface area contributed by atoms with Gasteiger partial charge in [0.05, 0.1) is 11.6 Å². The molecule has 0 heterocycles. The summed E-state index contributed by atoms with van der Waals surface area (Å²) >= 11 is 0. The Morgan fingerprint density at radius 2 is 1.93 bits per heavy atom. The van der Waals surface area contributed by atoms with E-state index in [-0.39, 0.29) is 11.3 Å². The Hall–Kier alpha value is -1.96. The van der Waals surface area contributed by atoms with Gasteiger partial charge in [0.1, 0.15) is 0 Å². The minimum absolute atomic E-state index is 0.174. The smallest absolute Gasteiger partial charge is 0.398 e. The average Bonchev–Trinajstić information content (AvgIpc) is 2.17. The monoisotopic (exact) mass is 212 g/mol. The minimum atomic E-state index is -4.47. The van der Waals surface area contributed by atoms with E-state index in [2.05, 4.69) is 0 Å². The fraction of sp³-hybridized carbons (Fsp3) is 0.100. The Morgan fingerprint density at radius 3 is 2.47 bits per heavy atom. The first-order chi connectivity index (χ1) is 6.96. The van der Waals surface area contributed by atoms with Crippen LogP contribution in [0.5, 0.6) is 0 Å². The molecular weight excluding hydrogens is 205 g/mol. The highest BCUT2D eigenvalue weighted by Crippen LogP contribution is 2.33. The van der Waals surface area contributed by atoms with Crippen molar-refractivity contribution in [2.75, 3.05) is 0 Å². The molecular formula is C10H7F3N2. The molecule has 0 atom stereocenters. The van der Waals surface area contributed by atoms with Crippen LogP contribution < -0.4 is 5.73 Å². The van der Waals surface area contributed by atoms with E-state index in [0.29, 0.717) is 0 Å². The summed E-state index contributed by atoms with van der Waals surface area (Å²) in [5.74, 6) is 0. The lowest BCUT2D eigenvalue weighted by atomic mass is 10.0. The molecule has 0 aliphatic carbocycles. The summed E-state index contributed by atoms with van der Waals surface area (Å²) < 4.78 is 37.4. The highest BCUT2D eigenvalue weighted by molar-refractivity contribution is 5.67. The second-order valence-electron chi connectivity index (χ2n) is 2.77. The third-order valence-corrected chi connectivity index (χ3v) is 1.76. The third-order valence-electron chi connectivity index (χ3n) is 1.76. The van der Waals surface area contributed by atoms with E-state index in [1.807, 2.05) is 0 Å². The number of hydrogen-bond acceptors (Lipinski definition) is 2. The maximum absolute atomic E-state index is 12.5. The van der Waals surface area contributed by atoms with E-state index < -0.39 is 11.7 Å². The quantitative estimate of drug-likeness (QED) is 0.727. The van der Waals surface area contributed by atoms with E-state index in [4.69, 9.17) is 11.0 Å². The number of halogens is 3. The second-order valence-corrected chi connectivity index (χ2v) is 2.77. The SMILES string of the molecule is N#CC=C(N)c1ccccc1C(F)(F)F. The molecule has 1 rings (SSSR count). The predicted octanol–water partition coefficient (Wildman–Crippen LogP) is 2.53. The van der Waals surface area contributed by atoms with Crippen molar-refractivity contribution in [2.45, 2.75) is 6.18 Å². The number of hydrogen-bond donors (Lipinski definition) is 1. The molecule has 2 N–H and O–H groups in total. The maximum atomic E-state index is 12.5. The van der Waals surface area contributed by atoms with Crippen LogP contribution in [0.1, 0.15) is 11.1 Å². The van der Waals surface area contributed by atoms with Crippen molar-refractivity contribution < 1.29 is 13.2 Å². The Bertz CT molecular complexity index is 427. The molecule has 0 saturated carbocycles. The fourth-order valence-corrected chi connectivity index (χ4v) is 1.13. The number of nitrogens with two attached hydrogens (primary N) is 1. The van der Waals surface area contributed by atoms with Crippen molar-refractivity contribution in [2.24, 2.45) is 5.73 Å². The molecule has 0 fully saturated rings. The van der Waals surface area contributed by atoms with E-state index in [9.17, 15) is 13.2 Å². The van der Waals surface area contributed by atoms with E-state index in [0.717, 1.165) is 12.1 Å². The molecule has 0 aromatic heterocycles. The molecule has 2 nitrogen and oxygen atoms in total. The Balaban J connectivity index is 3.32. The Morgan fingerprint density at radius 1 is 1.33 bits per heavy atom. The van der Waals surface area contributed by atoms with Crippen LogP contribution in [-0.4, -0.2) is 0 Å². The summed E-state index contributed by atoms with van der Waals surface area (Å²) in [7, 11) is 0. The van der Waals surface area contributed by atoms with Gasteiger partial charge in [0.25, 0.3) is 0 Å². The Kier molecular flexibility index (Phi) is 3.00. The largest absolute Gasteiger partial charge is 0.417 e. The minimum Gasteiger partial charge on any atom is -0.398 e. The van der Waals surface area contributed by atoms with Gasteiger partial charge in [-0.05, 0) is 6.07 Å². The van der Waals surface area contributed by atoms with Crippen LogP contribution in [0.2, 0.25) is 0 Å². The highest BCUT2D eigenvalue weighted by atomic mass is 19.4. The van der Waals surface area contributed by atoms with Gasteiger partial charge in [-0.3, -0.25) is 0 Å². The first-order valence-corrected chi connectivity index (χ1v) is 3.98. The molecule has 1 aromatic rings. The van der Waals surface area contributed by atoms with E-state index >= 15 is 0 Å². The van der Waals surface area contributed by atoms with Crippen LogP contribution in [0, 0.1) is 11.3 Å². The zero-order valence-corrected chi connectivity index (χ0v) is 7.55. The first-order valence-electron chi connectivity index (χ1n) is 3.98. The van der Waals surface area contributed by atoms with Crippen molar-refractivity contribution in [1.82, 2.24) is 0 Å². The molecule has 0 aliphatic rings. The molecule has 15 heavy (non-hydrogen) atoms. The topological polar surface area (TPSA) is 49.8 Å². The van der Waals surface area contributed by atoms with Gasteiger partial charge < -0.3 is 5.73 Å². The first kappa shape index (κ1) is 11.1. The summed E-state index contributed by atoms with van der Waals surface area (Å²) in [6, 6.07) is 6.45. The van der Waals surface area contributed by atoms with Gasteiger partial charge >= 0.3 is 6.18 Å². The van der Waals surface area contributed by atoms with E-state index in [1.54, 1.807) is 6.07 Å². The van der Waals surface area contributed by atoms with Crippen LogP contribution in [0.4, 0.5) is 13.2 Å². The average molecular weight is 212 g/mol. The summed E-state index contributed by atoms with van der Waals surface area (Å²) in [6.07, 6.45) is -3.59. The van der Waals surface area contributed by atoms with Gasteiger partial charge in [-0.1, -0.05) is 18.2 Å². The zero-order chi connectivity index (χ0) is 11.5.